The molecule has 1 rings (SSSR count). The van der Waals surface area contributed by atoms with Crippen molar-refractivity contribution < 1.29 is 4.74 Å². The molecule has 1 unspecified atom stereocenters. The standard InChI is InChI=1S/C12H22N4O/c1-12(2,16(4)5)10(13-3)9-11(17-6)15-8-7-14-9/h7-8,10,13H,1-6H3. The smallest absolute Gasteiger partial charge is 0.237 e. The molecular formula is C12H22N4O. The van der Waals surface area contributed by atoms with E-state index in [1.807, 2.05) is 21.1 Å². The molecule has 0 aliphatic rings. The predicted molar refractivity (Wildman–Crippen MR) is 68.2 cm³/mol. The molecule has 0 fully saturated rings. The lowest BCUT2D eigenvalue weighted by Crippen LogP contribution is -2.48. The van der Waals surface area contributed by atoms with E-state index in [0.717, 1.165) is 5.69 Å². The second-order valence-corrected chi connectivity index (χ2v) is 4.72. The summed E-state index contributed by atoms with van der Waals surface area (Å²) in [6, 6.07) is 0.0427. The van der Waals surface area contributed by atoms with Crippen LogP contribution in [0.15, 0.2) is 12.4 Å². The highest BCUT2D eigenvalue weighted by atomic mass is 16.5. The van der Waals surface area contributed by atoms with E-state index in [-0.39, 0.29) is 11.6 Å². The van der Waals surface area contributed by atoms with Crippen LogP contribution in [0.4, 0.5) is 0 Å². The molecule has 0 aliphatic carbocycles. The lowest BCUT2D eigenvalue weighted by atomic mass is 9.90. The summed E-state index contributed by atoms with van der Waals surface area (Å²) in [5.74, 6) is 0.571. The van der Waals surface area contributed by atoms with Crippen LogP contribution < -0.4 is 10.1 Å². The maximum Gasteiger partial charge on any atom is 0.237 e. The Morgan fingerprint density at radius 2 is 1.88 bits per heavy atom. The van der Waals surface area contributed by atoms with E-state index in [4.69, 9.17) is 4.74 Å². The van der Waals surface area contributed by atoms with Gasteiger partial charge in [0.1, 0.15) is 5.69 Å². The molecule has 0 bridgehead atoms. The van der Waals surface area contributed by atoms with Gasteiger partial charge in [0.15, 0.2) is 0 Å². The third-order valence-electron chi connectivity index (χ3n) is 3.31. The minimum Gasteiger partial charge on any atom is -0.480 e. The van der Waals surface area contributed by atoms with Gasteiger partial charge in [0, 0.05) is 17.9 Å². The maximum absolute atomic E-state index is 5.27. The first-order chi connectivity index (χ1) is 7.95. The second kappa shape index (κ2) is 5.42. The summed E-state index contributed by atoms with van der Waals surface area (Å²) >= 11 is 0. The first-order valence-electron chi connectivity index (χ1n) is 5.64. The van der Waals surface area contributed by atoms with Gasteiger partial charge < -0.3 is 15.0 Å². The van der Waals surface area contributed by atoms with Crippen LogP contribution in [0.3, 0.4) is 0 Å². The molecular weight excluding hydrogens is 216 g/mol. The van der Waals surface area contributed by atoms with Gasteiger partial charge in [-0.15, -0.1) is 0 Å². The van der Waals surface area contributed by atoms with Gasteiger partial charge in [0.25, 0.3) is 0 Å². The van der Waals surface area contributed by atoms with E-state index in [1.165, 1.54) is 0 Å². The fourth-order valence-electron chi connectivity index (χ4n) is 1.77. The molecule has 0 radical (unpaired) electrons. The Labute approximate surface area is 103 Å². The van der Waals surface area contributed by atoms with Crippen LogP contribution in [0.2, 0.25) is 0 Å². The highest BCUT2D eigenvalue weighted by molar-refractivity contribution is 5.24. The molecule has 0 saturated carbocycles. The van der Waals surface area contributed by atoms with E-state index < -0.39 is 0 Å². The minimum atomic E-state index is -0.0991. The Kier molecular flexibility index (Phi) is 4.42. The van der Waals surface area contributed by atoms with Crippen LogP contribution in [-0.2, 0) is 0 Å². The normalized spacial score (nSPS) is 13.8. The molecule has 0 aromatic carbocycles. The van der Waals surface area contributed by atoms with Gasteiger partial charge in [-0.1, -0.05) is 0 Å². The number of ether oxygens (including phenoxy) is 1. The summed E-state index contributed by atoms with van der Waals surface area (Å²) in [6.45, 7) is 4.31. The highest BCUT2D eigenvalue weighted by Gasteiger charge is 2.34. The monoisotopic (exact) mass is 238 g/mol. The fourth-order valence-corrected chi connectivity index (χ4v) is 1.77. The molecule has 5 heteroatoms. The van der Waals surface area contributed by atoms with Crippen LogP contribution in [0.5, 0.6) is 5.88 Å². The van der Waals surface area contributed by atoms with Crippen LogP contribution in [-0.4, -0.2) is 48.7 Å². The van der Waals surface area contributed by atoms with Crippen LogP contribution in [0.25, 0.3) is 0 Å². The number of aromatic nitrogens is 2. The molecule has 0 saturated heterocycles. The largest absolute Gasteiger partial charge is 0.480 e. The molecule has 17 heavy (non-hydrogen) atoms. The lowest BCUT2D eigenvalue weighted by molar-refractivity contribution is 0.138. The number of hydrogen-bond donors (Lipinski definition) is 1. The molecule has 0 amide bonds. The van der Waals surface area contributed by atoms with Gasteiger partial charge in [-0.25, -0.2) is 4.98 Å². The van der Waals surface area contributed by atoms with Crippen molar-refractivity contribution in [2.45, 2.75) is 25.4 Å². The van der Waals surface area contributed by atoms with Gasteiger partial charge >= 0.3 is 0 Å². The summed E-state index contributed by atoms with van der Waals surface area (Å²) in [5.41, 5.74) is 0.731. The number of hydrogen-bond acceptors (Lipinski definition) is 5. The van der Waals surface area contributed by atoms with Gasteiger partial charge in [-0.05, 0) is 35.0 Å². The van der Waals surface area contributed by atoms with Crippen LogP contribution in [0, 0.1) is 0 Å². The third kappa shape index (κ3) is 2.73. The van der Waals surface area contributed by atoms with Crippen molar-refractivity contribution in [1.29, 1.82) is 0 Å². The molecule has 96 valence electrons. The van der Waals surface area contributed by atoms with Gasteiger partial charge in [0.2, 0.25) is 5.88 Å². The molecule has 1 atom stereocenters. The number of nitrogens with zero attached hydrogens (tertiary/aromatic N) is 3. The molecule has 0 aliphatic heterocycles. The minimum absolute atomic E-state index is 0.0427. The molecule has 1 N–H and O–H groups in total. The van der Waals surface area contributed by atoms with Crippen LogP contribution in [0.1, 0.15) is 25.6 Å². The van der Waals surface area contributed by atoms with Crippen molar-refractivity contribution in [1.82, 2.24) is 20.2 Å². The van der Waals surface area contributed by atoms with E-state index >= 15 is 0 Å². The average Bonchev–Trinajstić information content (AvgIpc) is 2.30. The van der Waals surface area contributed by atoms with Gasteiger partial charge in [-0.2, -0.15) is 0 Å². The quantitative estimate of drug-likeness (QED) is 0.832. The van der Waals surface area contributed by atoms with Crippen molar-refractivity contribution in [3.05, 3.63) is 18.1 Å². The summed E-state index contributed by atoms with van der Waals surface area (Å²) < 4.78 is 5.27. The first kappa shape index (κ1) is 13.9. The summed E-state index contributed by atoms with van der Waals surface area (Å²) in [4.78, 5) is 10.7. The molecule has 1 heterocycles. The Balaban J connectivity index is 3.18. The first-order valence-corrected chi connectivity index (χ1v) is 5.64. The zero-order valence-electron chi connectivity index (χ0n) is 11.5. The predicted octanol–water partition coefficient (Wildman–Crippen LogP) is 1.09. The molecule has 1 aromatic heterocycles. The maximum atomic E-state index is 5.27. The lowest BCUT2D eigenvalue weighted by Gasteiger charge is -2.39. The fraction of sp³-hybridized carbons (Fsp3) is 0.667. The molecule has 1 aromatic rings. The van der Waals surface area contributed by atoms with Crippen molar-refractivity contribution in [2.75, 3.05) is 28.3 Å². The Morgan fingerprint density at radius 1 is 1.29 bits per heavy atom. The average molecular weight is 238 g/mol. The van der Waals surface area contributed by atoms with E-state index in [1.54, 1.807) is 19.5 Å². The summed E-state index contributed by atoms with van der Waals surface area (Å²) in [6.07, 6.45) is 3.33. The van der Waals surface area contributed by atoms with Gasteiger partial charge in [-0.3, -0.25) is 4.98 Å². The Bertz CT molecular complexity index is 365. The van der Waals surface area contributed by atoms with Gasteiger partial charge in [0.05, 0.1) is 13.2 Å². The number of nitrogens with one attached hydrogen (secondary N) is 1. The number of likely N-dealkylation sites (N-methyl/N-ethyl adjacent to an activating group) is 2. The van der Waals surface area contributed by atoms with E-state index in [9.17, 15) is 0 Å². The Hall–Kier alpha value is -1.20. The Morgan fingerprint density at radius 3 is 2.35 bits per heavy atom. The van der Waals surface area contributed by atoms with E-state index in [2.05, 4.69) is 34.0 Å². The second-order valence-electron chi connectivity index (χ2n) is 4.72. The zero-order valence-corrected chi connectivity index (χ0v) is 11.5. The summed E-state index contributed by atoms with van der Waals surface area (Å²) in [7, 11) is 7.63. The van der Waals surface area contributed by atoms with E-state index in [0.29, 0.717) is 5.88 Å². The highest BCUT2D eigenvalue weighted by Crippen LogP contribution is 2.31. The summed E-state index contributed by atoms with van der Waals surface area (Å²) in [5, 5.41) is 3.29. The number of methoxy groups -OCH3 is 1. The van der Waals surface area contributed by atoms with Crippen molar-refractivity contribution >= 4 is 0 Å². The van der Waals surface area contributed by atoms with Crippen LogP contribution >= 0.6 is 0 Å². The van der Waals surface area contributed by atoms with Crippen molar-refractivity contribution in [3.63, 3.8) is 0 Å². The zero-order chi connectivity index (χ0) is 13.1. The van der Waals surface area contributed by atoms with Crippen molar-refractivity contribution in [3.8, 4) is 5.88 Å². The third-order valence-corrected chi connectivity index (χ3v) is 3.31. The topological polar surface area (TPSA) is 50.3 Å². The van der Waals surface area contributed by atoms with Crippen molar-refractivity contribution in [2.24, 2.45) is 0 Å². The number of rotatable bonds is 5. The molecule has 5 nitrogen and oxygen atoms in total. The SMILES string of the molecule is CNC(c1nccnc1OC)C(C)(C)N(C)C. The molecule has 0 spiro atoms.